The van der Waals surface area contributed by atoms with E-state index >= 15 is 0 Å². The average molecular weight is 364 g/mol. The van der Waals surface area contributed by atoms with Crippen molar-refractivity contribution >= 4 is 23.3 Å². The molecule has 2 fully saturated rings. The number of likely N-dealkylation sites (N-methyl/N-ethyl adjacent to an activating group) is 1. The van der Waals surface area contributed by atoms with Gasteiger partial charge in [-0.15, -0.1) is 0 Å². The van der Waals surface area contributed by atoms with Gasteiger partial charge in [-0.25, -0.2) is 0 Å². The second kappa shape index (κ2) is 7.24. The fraction of sp³-hybridized carbons (Fsp3) is 0.917. The lowest BCUT2D eigenvalue weighted by atomic mass is 9.78. The van der Waals surface area contributed by atoms with Crippen molar-refractivity contribution < 1.29 is 28.4 Å². The Morgan fingerprint density at radius 3 is 2.54 bits per heavy atom. The Labute approximate surface area is 141 Å². The highest BCUT2D eigenvalue weighted by Crippen LogP contribution is 2.33. The summed E-state index contributed by atoms with van der Waals surface area (Å²) in [5, 5.41) is 30.3. The molecule has 0 unspecified atom stereocenters. The van der Waals surface area contributed by atoms with E-state index in [1.165, 1.54) is 11.4 Å². The van der Waals surface area contributed by atoms with Gasteiger partial charge in [0, 0.05) is 39.1 Å². The third kappa shape index (κ3) is 3.74. The molecule has 0 aromatic carbocycles. The molecule has 0 bridgehead atoms. The van der Waals surface area contributed by atoms with Crippen LogP contribution in [-0.4, -0.2) is 90.1 Å². The van der Waals surface area contributed by atoms with Crippen LogP contribution in [0.5, 0.6) is 0 Å². The first-order chi connectivity index (χ1) is 11.1. The summed E-state index contributed by atoms with van der Waals surface area (Å²) in [6.07, 6.45) is 0.749. The Balaban J connectivity index is 2.11. The van der Waals surface area contributed by atoms with Gasteiger partial charge < -0.3 is 26.2 Å². The van der Waals surface area contributed by atoms with E-state index in [2.05, 4.69) is 5.32 Å². The predicted molar refractivity (Wildman–Crippen MR) is 87.2 cm³/mol. The maximum atomic E-state index is 12.7. The van der Waals surface area contributed by atoms with Crippen LogP contribution in [0.4, 0.5) is 0 Å². The summed E-state index contributed by atoms with van der Waals surface area (Å²) in [7, 11) is -3.78. The van der Waals surface area contributed by atoms with Gasteiger partial charge in [-0.1, -0.05) is 6.42 Å². The number of nitrogens with one attached hydrogen (secondary N) is 1. The molecule has 2 atom stereocenters. The van der Waals surface area contributed by atoms with E-state index in [0.717, 1.165) is 4.31 Å². The van der Waals surface area contributed by atoms with Gasteiger partial charge >= 0.3 is 13.1 Å². The molecule has 10 nitrogen and oxygen atoms in total. The summed E-state index contributed by atoms with van der Waals surface area (Å²) >= 11 is 0. The van der Waals surface area contributed by atoms with E-state index < -0.39 is 34.8 Å². The molecule has 2 aliphatic rings. The fourth-order valence-electron chi connectivity index (χ4n) is 3.11. The Morgan fingerprint density at radius 2 is 2.08 bits per heavy atom. The molecule has 12 heteroatoms. The van der Waals surface area contributed by atoms with Gasteiger partial charge in [0.1, 0.15) is 5.54 Å². The van der Waals surface area contributed by atoms with E-state index in [9.17, 15) is 18.3 Å². The van der Waals surface area contributed by atoms with Gasteiger partial charge in [-0.2, -0.15) is 17.0 Å². The molecule has 24 heavy (non-hydrogen) atoms. The van der Waals surface area contributed by atoms with Gasteiger partial charge in [0.05, 0.1) is 6.04 Å². The van der Waals surface area contributed by atoms with Crippen molar-refractivity contribution in [3.63, 3.8) is 0 Å². The molecule has 0 radical (unpaired) electrons. The van der Waals surface area contributed by atoms with Crippen LogP contribution in [0.15, 0.2) is 0 Å². The molecule has 0 spiro atoms. The Hall–Kier alpha value is -0.755. The fourth-order valence-corrected chi connectivity index (χ4v) is 4.74. The molecular formula is C12H25BN4O6S. The first kappa shape index (κ1) is 19.6. The minimum absolute atomic E-state index is 0.0111. The summed E-state index contributed by atoms with van der Waals surface area (Å²) < 4.78 is 27.8. The number of carboxylic acid groups (broad SMARTS) is 1. The lowest BCUT2D eigenvalue weighted by Crippen LogP contribution is -2.60. The molecule has 0 aliphatic carbocycles. The van der Waals surface area contributed by atoms with Crippen molar-refractivity contribution in [2.24, 2.45) is 11.7 Å². The summed E-state index contributed by atoms with van der Waals surface area (Å²) in [4.78, 5) is 11.6. The van der Waals surface area contributed by atoms with Gasteiger partial charge in [0.2, 0.25) is 0 Å². The quantitative estimate of drug-likeness (QED) is 0.287. The molecule has 0 saturated carbocycles. The smallest absolute Gasteiger partial charge is 0.451 e. The monoisotopic (exact) mass is 364 g/mol. The number of nitrogens with zero attached hydrogens (tertiary/aromatic N) is 2. The highest BCUT2D eigenvalue weighted by atomic mass is 32.2. The van der Waals surface area contributed by atoms with Crippen LogP contribution in [0.2, 0.25) is 6.32 Å². The third-order valence-electron chi connectivity index (χ3n) is 4.97. The van der Waals surface area contributed by atoms with Crippen molar-refractivity contribution in [2.45, 2.75) is 30.7 Å². The number of hydrogen-bond acceptors (Lipinski definition) is 7. The SMILES string of the molecule is CN(C1CNC1)S(=O)(=O)N1C[C@H](CCCB(O)O)[C@](N)(C(=O)O)C1. The molecular weight excluding hydrogens is 339 g/mol. The second-order valence-corrected chi connectivity index (χ2v) is 8.57. The molecule has 2 saturated heterocycles. The zero-order valence-corrected chi connectivity index (χ0v) is 14.4. The summed E-state index contributed by atoms with van der Waals surface area (Å²) in [5.41, 5.74) is 4.34. The van der Waals surface area contributed by atoms with E-state index in [1.54, 1.807) is 0 Å². The molecule has 0 amide bonds. The van der Waals surface area contributed by atoms with E-state index in [0.29, 0.717) is 25.9 Å². The first-order valence-corrected chi connectivity index (χ1v) is 9.31. The Morgan fingerprint density at radius 1 is 1.46 bits per heavy atom. The third-order valence-corrected chi connectivity index (χ3v) is 6.92. The molecule has 2 rings (SSSR count). The maximum Gasteiger partial charge on any atom is 0.451 e. The Kier molecular flexibility index (Phi) is 5.90. The van der Waals surface area contributed by atoms with Gasteiger partial charge in [0.15, 0.2) is 0 Å². The lowest BCUT2D eigenvalue weighted by molar-refractivity contribution is -0.144. The second-order valence-electron chi connectivity index (χ2n) is 6.58. The average Bonchev–Trinajstić information content (AvgIpc) is 2.76. The van der Waals surface area contributed by atoms with Crippen molar-refractivity contribution in [2.75, 3.05) is 33.2 Å². The number of carbonyl (C=O) groups is 1. The number of carboxylic acids is 1. The van der Waals surface area contributed by atoms with Crippen molar-refractivity contribution in [3.05, 3.63) is 0 Å². The van der Waals surface area contributed by atoms with Crippen LogP contribution in [0.1, 0.15) is 12.8 Å². The van der Waals surface area contributed by atoms with Crippen molar-refractivity contribution in [3.8, 4) is 0 Å². The van der Waals surface area contributed by atoms with E-state index in [1.807, 2.05) is 0 Å². The summed E-state index contributed by atoms with van der Waals surface area (Å²) in [6.45, 7) is 0.848. The Bertz CT molecular complexity index is 572. The predicted octanol–water partition coefficient (Wildman–Crippen LogP) is -2.90. The van der Waals surface area contributed by atoms with Gasteiger partial charge in [-0.05, 0) is 12.7 Å². The van der Waals surface area contributed by atoms with E-state index in [4.69, 9.17) is 15.8 Å². The molecule has 2 aliphatic heterocycles. The zero-order valence-electron chi connectivity index (χ0n) is 13.6. The lowest BCUT2D eigenvalue weighted by Gasteiger charge is -2.36. The van der Waals surface area contributed by atoms with Crippen LogP contribution in [0.3, 0.4) is 0 Å². The topological polar surface area (TPSA) is 156 Å². The minimum atomic E-state index is -3.79. The number of aliphatic carboxylic acids is 1. The zero-order chi connectivity index (χ0) is 18.1. The molecule has 0 aromatic heterocycles. The van der Waals surface area contributed by atoms with Gasteiger partial charge in [0.25, 0.3) is 10.2 Å². The number of nitrogens with two attached hydrogens (primary N) is 1. The summed E-state index contributed by atoms with van der Waals surface area (Å²) in [5.74, 6) is -1.83. The normalized spacial score (nSPS) is 29.0. The summed E-state index contributed by atoms with van der Waals surface area (Å²) in [6, 6.07) is -0.143. The van der Waals surface area contributed by atoms with Crippen molar-refractivity contribution in [1.82, 2.24) is 13.9 Å². The first-order valence-electron chi connectivity index (χ1n) is 7.91. The standard InChI is InChI=1S/C12H25BN4O6S/c1-16(10-5-15-6-10)24(22,23)17-7-9(3-2-4-13(20)21)12(14,8-17)11(18)19/h9-10,15,20-21H,2-8,14H2,1H3,(H,18,19)/t9-,12-/m0/s1. The van der Waals surface area contributed by atoms with E-state index in [-0.39, 0.29) is 25.5 Å². The van der Waals surface area contributed by atoms with Crippen LogP contribution < -0.4 is 11.1 Å². The highest BCUT2D eigenvalue weighted by molar-refractivity contribution is 7.86. The number of rotatable bonds is 8. The van der Waals surface area contributed by atoms with Crippen molar-refractivity contribution in [1.29, 1.82) is 0 Å². The van der Waals surface area contributed by atoms with Crippen LogP contribution in [0.25, 0.3) is 0 Å². The van der Waals surface area contributed by atoms with Crippen LogP contribution >= 0.6 is 0 Å². The van der Waals surface area contributed by atoms with Crippen LogP contribution in [-0.2, 0) is 15.0 Å². The minimum Gasteiger partial charge on any atom is -0.480 e. The largest absolute Gasteiger partial charge is 0.480 e. The number of hydrogen-bond donors (Lipinski definition) is 5. The van der Waals surface area contributed by atoms with Crippen LogP contribution in [0, 0.1) is 5.92 Å². The highest BCUT2D eigenvalue weighted by Gasteiger charge is 2.53. The molecule has 2 heterocycles. The molecule has 6 N–H and O–H groups in total. The van der Waals surface area contributed by atoms with Gasteiger partial charge in [-0.3, -0.25) is 4.79 Å². The molecule has 0 aromatic rings. The maximum absolute atomic E-state index is 12.7. The molecule has 138 valence electrons.